The fourth-order valence-electron chi connectivity index (χ4n) is 1.67. The Labute approximate surface area is 110 Å². The molecule has 1 rings (SSSR count). The van der Waals surface area contributed by atoms with Crippen molar-refractivity contribution in [1.82, 2.24) is 4.90 Å². The molecule has 5 nitrogen and oxygen atoms in total. The van der Waals surface area contributed by atoms with Crippen LogP contribution in [-0.4, -0.2) is 47.1 Å². The van der Waals surface area contributed by atoms with Crippen LogP contribution in [0.2, 0.25) is 0 Å². The summed E-state index contributed by atoms with van der Waals surface area (Å²) in [4.78, 5) is 25.0. The van der Waals surface area contributed by atoms with Crippen molar-refractivity contribution in [3.63, 3.8) is 0 Å². The molecule has 0 aromatic carbocycles. The number of likely N-dealkylation sites (tertiary alicyclic amines) is 1. The van der Waals surface area contributed by atoms with E-state index in [1.807, 2.05) is 0 Å². The van der Waals surface area contributed by atoms with Gasteiger partial charge < -0.3 is 9.47 Å². The predicted molar refractivity (Wildman–Crippen MR) is 66.1 cm³/mol. The minimum atomic E-state index is -0.567. The third-order valence-electron chi connectivity index (χ3n) is 2.35. The quantitative estimate of drug-likeness (QED) is 0.549. The molecule has 0 radical (unpaired) electrons. The predicted octanol–water partition coefficient (Wildman–Crippen LogP) is 1.93. The van der Waals surface area contributed by atoms with Gasteiger partial charge in [-0.05, 0) is 27.2 Å². The van der Waals surface area contributed by atoms with Crippen LogP contribution in [0.3, 0.4) is 0 Å². The number of hydrogen-bond donors (Lipinski definition) is 0. The summed E-state index contributed by atoms with van der Waals surface area (Å²) in [6.07, 6.45) is 0.0705. The Hall–Kier alpha value is -0.780. The molecule has 1 amide bonds. The van der Waals surface area contributed by atoms with Gasteiger partial charge in [0.25, 0.3) is 0 Å². The van der Waals surface area contributed by atoms with Gasteiger partial charge in [-0.2, -0.15) is 0 Å². The molecule has 1 aliphatic heterocycles. The summed E-state index contributed by atoms with van der Waals surface area (Å²) in [7, 11) is 1.32. The first-order chi connectivity index (χ1) is 7.74. The van der Waals surface area contributed by atoms with E-state index in [9.17, 15) is 9.59 Å². The normalized spacial score (nSPS) is 24.6. The zero-order chi connectivity index (χ0) is 13.2. The average Bonchev–Trinajstić information content (AvgIpc) is 2.56. The van der Waals surface area contributed by atoms with E-state index in [1.54, 1.807) is 20.8 Å². The van der Waals surface area contributed by atoms with Crippen LogP contribution in [0.15, 0.2) is 0 Å². The van der Waals surface area contributed by atoms with E-state index in [4.69, 9.17) is 4.74 Å². The zero-order valence-electron chi connectivity index (χ0n) is 10.5. The number of hydrogen-bond acceptors (Lipinski definition) is 4. The first-order valence-electron chi connectivity index (χ1n) is 5.46. The monoisotopic (exact) mass is 307 g/mol. The maximum Gasteiger partial charge on any atom is 0.411 e. The second-order valence-electron chi connectivity index (χ2n) is 5.00. The van der Waals surface area contributed by atoms with Crippen LogP contribution in [0.1, 0.15) is 27.2 Å². The summed E-state index contributed by atoms with van der Waals surface area (Å²) in [6.45, 7) is 5.83. The van der Waals surface area contributed by atoms with Crippen LogP contribution in [0.4, 0.5) is 4.79 Å². The number of carbonyl (C=O) groups is 2. The molecule has 0 aromatic rings. The van der Waals surface area contributed by atoms with Crippen LogP contribution in [0.5, 0.6) is 0 Å². The van der Waals surface area contributed by atoms with Crippen molar-refractivity contribution < 1.29 is 19.1 Å². The Balaban J connectivity index is 2.73. The molecule has 0 aliphatic carbocycles. The fourth-order valence-corrected chi connectivity index (χ4v) is 2.33. The number of amides is 1. The van der Waals surface area contributed by atoms with E-state index in [0.29, 0.717) is 13.0 Å². The van der Waals surface area contributed by atoms with Gasteiger partial charge in [-0.1, -0.05) is 15.9 Å². The lowest BCUT2D eigenvalue weighted by atomic mass is 10.2. The van der Waals surface area contributed by atoms with E-state index in [1.165, 1.54) is 12.0 Å². The highest BCUT2D eigenvalue weighted by molar-refractivity contribution is 9.09. The summed E-state index contributed by atoms with van der Waals surface area (Å²) >= 11 is 3.41. The minimum Gasteiger partial charge on any atom is -0.467 e. The molecule has 0 N–H and O–H groups in total. The number of halogens is 1. The van der Waals surface area contributed by atoms with E-state index < -0.39 is 23.7 Å². The lowest BCUT2D eigenvalue weighted by Gasteiger charge is -2.27. The third-order valence-corrected chi connectivity index (χ3v) is 3.01. The Morgan fingerprint density at radius 2 is 1.94 bits per heavy atom. The van der Waals surface area contributed by atoms with Crippen LogP contribution < -0.4 is 0 Å². The molecule has 6 heteroatoms. The van der Waals surface area contributed by atoms with Crippen molar-refractivity contribution in [2.75, 3.05) is 13.7 Å². The van der Waals surface area contributed by atoms with Crippen molar-refractivity contribution in [3.05, 3.63) is 0 Å². The number of ether oxygens (including phenoxy) is 2. The molecule has 1 heterocycles. The Kier molecular flexibility index (Phi) is 4.41. The topological polar surface area (TPSA) is 55.8 Å². The number of alkyl halides is 1. The molecule has 1 aliphatic rings. The molecule has 17 heavy (non-hydrogen) atoms. The third kappa shape index (κ3) is 3.87. The zero-order valence-corrected chi connectivity index (χ0v) is 12.1. The smallest absolute Gasteiger partial charge is 0.411 e. The number of rotatable bonds is 1. The van der Waals surface area contributed by atoms with Gasteiger partial charge in [0.15, 0.2) is 0 Å². The van der Waals surface area contributed by atoms with E-state index in [-0.39, 0.29) is 4.83 Å². The average molecular weight is 308 g/mol. The van der Waals surface area contributed by atoms with Crippen molar-refractivity contribution in [2.45, 2.75) is 43.7 Å². The lowest BCUT2D eigenvalue weighted by molar-refractivity contribution is -0.145. The molecule has 2 atom stereocenters. The number of methoxy groups -OCH3 is 1. The maximum absolute atomic E-state index is 11.9. The van der Waals surface area contributed by atoms with Crippen LogP contribution >= 0.6 is 15.9 Å². The van der Waals surface area contributed by atoms with E-state index >= 15 is 0 Å². The molecule has 1 saturated heterocycles. The van der Waals surface area contributed by atoms with Gasteiger partial charge in [-0.25, -0.2) is 9.59 Å². The van der Waals surface area contributed by atoms with Gasteiger partial charge in [0.1, 0.15) is 11.6 Å². The molecule has 0 saturated carbocycles. The largest absolute Gasteiger partial charge is 0.467 e. The molecular formula is C11H18BrNO4. The highest BCUT2D eigenvalue weighted by Gasteiger charge is 2.41. The summed E-state index contributed by atoms with van der Waals surface area (Å²) in [5, 5.41) is 0. The number of esters is 1. The second kappa shape index (κ2) is 5.25. The van der Waals surface area contributed by atoms with Gasteiger partial charge >= 0.3 is 12.1 Å². The minimum absolute atomic E-state index is 0.0964. The van der Waals surface area contributed by atoms with Gasteiger partial charge in [0.2, 0.25) is 0 Å². The highest BCUT2D eigenvalue weighted by atomic mass is 79.9. The molecule has 0 aromatic heterocycles. The molecular weight excluding hydrogens is 290 g/mol. The van der Waals surface area contributed by atoms with Gasteiger partial charge in [0.05, 0.1) is 7.11 Å². The first kappa shape index (κ1) is 14.3. The van der Waals surface area contributed by atoms with Crippen LogP contribution in [0, 0.1) is 0 Å². The van der Waals surface area contributed by atoms with Crippen molar-refractivity contribution in [1.29, 1.82) is 0 Å². The Bertz CT molecular complexity index is 313. The van der Waals surface area contributed by atoms with Crippen LogP contribution in [0.25, 0.3) is 0 Å². The van der Waals surface area contributed by atoms with Gasteiger partial charge in [-0.3, -0.25) is 4.90 Å². The maximum atomic E-state index is 11.9. The fraction of sp³-hybridized carbons (Fsp3) is 0.818. The molecule has 1 unspecified atom stereocenters. The Morgan fingerprint density at radius 3 is 2.41 bits per heavy atom. The molecule has 98 valence electrons. The standard InChI is InChI=1S/C11H18BrNO4/c1-11(2,3)17-10(15)13-6-7(12)5-8(13)9(14)16-4/h7-8H,5-6H2,1-4H3/t7?,8-/m1/s1. The molecule has 0 spiro atoms. The van der Waals surface area contributed by atoms with E-state index in [0.717, 1.165) is 0 Å². The van der Waals surface area contributed by atoms with Gasteiger partial charge in [0, 0.05) is 11.4 Å². The SMILES string of the molecule is COC(=O)[C@H]1CC(Br)CN1C(=O)OC(C)(C)C. The van der Waals surface area contributed by atoms with Gasteiger partial charge in [-0.15, -0.1) is 0 Å². The molecule has 1 fully saturated rings. The highest BCUT2D eigenvalue weighted by Crippen LogP contribution is 2.26. The van der Waals surface area contributed by atoms with Crippen molar-refractivity contribution in [3.8, 4) is 0 Å². The summed E-state index contributed by atoms with van der Waals surface area (Å²) < 4.78 is 9.94. The number of carbonyl (C=O) groups excluding carboxylic acids is 2. The number of nitrogens with zero attached hydrogens (tertiary/aromatic N) is 1. The van der Waals surface area contributed by atoms with Crippen molar-refractivity contribution >= 4 is 28.0 Å². The van der Waals surface area contributed by atoms with Crippen LogP contribution in [-0.2, 0) is 14.3 Å². The molecule has 0 bridgehead atoms. The summed E-state index contributed by atoms with van der Waals surface area (Å²) in [5.41, 5.74) is -0.567. The van der Waals surface area contributed by atoms with E-state index in [2.05, 4.69) is 20.7 Å². The first-order valence-corrected chi connectivity index (χ1v) is 6.37. The summed E-state index contributed by atoms with van der Waals surface area (Å²) in [5.74, 6) is -0.405. The lowest BCUT2D eigenvalue weighted by Crippen LogP contribution is -2.43. The van der Waals surface area contributed by atoms with Crippen molar-refractivity contribution in [2.24, 2.45) is 0 Å². The Morgan fingerprint density at radius 1 is 1.35 bits per heavy atom. The summed E-state index contributed by atoms with van der Waals surface area (Å²) in [6, 6.07) is -0.556. The second-order valence-corrected chi connectivity index (χ2v) is 6.30.